The first-order chi connectivity index (χ1) is 13.2. The number of nitrogens with zero attached hydrogens (tertiary/aromatic N) is 1. The highest BCUT2D eigenvalue weighted by atomic mass is 16.5. The molecule has 0 spiro atoms. The van der Waals surface area contributed by atoms with E-state index in [0.717, 1.165) is 70.3 Å². The predicted molar refractivity (Wildman–Crippen MR) is 109 cm³/mol. The monoisotopic (exact) mass is 377 g/mol. The molecule has 0 aliphatic carbocycles. The SMILES string of the molecule is CCNC(=NCC(O)c1ccc(C)cc1)NCCCOCC1CCOCC1. The second-order valence-electron chi connectivity index (χ2n) is 7.06. The maximum atomic E-state index is 10.3. The van der Waals surface area contributed by atoms with E-state index in [1.807, 2.05) is 38.1 Å². The fourth-order valence-electron chi connectivity index (χ4n) is 2.96. The van der Waals surface area contributed by atoms with Crippen LogP contribution in [0.5, 0.6) is 0 Å². The number of nitrogens with one attached hydrogen (secondary N) is 2. The molecule has 0 amide bonds. The molecular weight excluding hydrogens is 342 g/mol. The fourth-order valence-corrected chi connectivity index (χ4v) is 2.96. The first kappa shape index (κ1) is 21.7. The summed E-state index contributed by atoms with van der Waals surface area (Å²) in [6.45, 7) is 9.29. The van der Waals surface area contributed by atoms with Gasteiger partial charge in [-0.3, -0.25) is 4.99 Å². The average Bonchev–Trinajstić information content (AvgIpc) is 2.69. The van der Waals surface area contributed by atoms with Crippen LogP contribution in [0.4, 0.5) is 0 Å². The second-order valence-corrected chi connectivity index (χ2v) is 7.06. The summed E-state index contributed by atoms with van der Waals surface area (Å²) in [4.78, 5) is 4.49. The first-order valence-electron chi connectivity index (χ1n) is 10.1. The van der Waals surface area contributed by atoms with E-state index < -0.39 is 6.10 Å². The van der Waals surface area contributed by atoms with Gasteiger partial charge in [-0.25, -0.2) is 0 Å². The number of ether oxygens (including phenoxy) is 2. The number of guanidine groups is 1. The Morgan fingerprint density at radius 1 is 1.26 bits per heavy atom. The highest BCUT2D eigenvalue weighted by Crippen LogP contribution is 2.15. The molecule has 1 saturated heterocycles. The Morgan fingerprint density at radius 2 is 2.00 bits per heavy atom. The quantitative estimate of drug-likeness (QED) is 0.332. The zero-order valence-electron chi connectivity index (χ0n) is 16.7. The van der Waals surface area contributed by atoms with Gasteiger partial charge in [0.05, 0.1) is 12.6 Å². The molecule has 1 unspecified atom stereocenters. The number of aliphatic imine (C=N–C) groups is 1. The molecule has 0 aromatic heterocycles. The highest BCUT2D eigenvalue weighted by Gasteiger charge is 2.13. The molecule has 6 heteroatoms. The third-order valence-electron chi connectivity index (χ3n) is 4.68. The summed E-state index contributed by atoms with van der Waals surface area (Å²) in [5, 5.41) is 16.8. The van der Waals surface area contributed by atoms with Crippen LogP contribution in [0.15, 0.2) is 29.3 Å². The van der Waals surface area contributed by atoms with Crippen molar-refractivity contribution in [3.63, 3.8) is 0 Å². The lowest BCUT2D eigenvalue weighted by molar-refractivity contribution is 0.0203. The minimum atomic E-state index is -0.594. The number of aliphatic hydroxyl groups excluding tert-OH is 1. The summed E-state index contributed by atoms with van der Waals surface area (Å²) in [6.07, 6.45) is 2.55. The molecule has 1 heterocycles. The predicted octanol–water partition coefficient (Wildman–Crippen LogP) is 2.42. The van der Waals surface area contributed by atoms with Gasteiger partial charge in [-0.05, 0) is 44.6 Å². The van der Waals surface area contributed by atoms with Crippen LogP contribution in [0.1, 0.15) is 43.4 Å². The van der Waals surface area contributed by atoms with Gasteiger partial charge in [-0.2, -0.15) is 0 Å². The van der Waals surface area contributed by atoms with Crippen molar-refractivity contribution in [1.29, 1.82) is 0 Å². The van der Waals surface area contributed by atoms with Gasteiger partial charge in [-0.1, -0.05) is 29.8 Å². The van der Waals surface area contributed by atoms with Crippen molar-refractivity contribution in [3.05, 3.63) is 35.4 Å². The van der Waals surface area contributed by atoms with E-state index in [1.165, 1.54) is 5.56 Å². The second kappa shape index (κ2) is 12.7. The molecule has 0 radical (unpaired) electrons. The topological polar surface area (TPSA) is 75.1 Å². The molecule has 1 aromatic carbocycles. The van der Waals surface area contributed by atoms with E-state index >= 15 is 0 Å². The minimum Gasteiger partial charge on any atom is -0.386 e. The third-order valence-corrected chi connectivity index (χ3v) is 4.68. The average molecular weight is 378 g/mol. The molecule has 1 aliphatic rings. The fraction of sp³-hybridized carbons (Fsp3) is 0.667. The third kappa shape index (κ3) is 8.73. The molecule has 0 saturated carbocycles. The minimum absolute atomic E-state index is 0.332. The van der Waals surface area contributed by atoms with E-state index in [1.54, 1.807) is 0 Å². The van der Waals surface area contributed by atoms with Crippen LogP contribution in [0.3, 0.4) is 0 Å². The van der Waals surface area contributed by atoms with Crippen LogP contribution in [0.25, 0.3) is 0 Å². The van der Waals surface area contributed by atoms with Crippen molar-refractivity contribution in [2.75, 3.05) is 46.1 Å². The number of aryl methyl sites for hydroxylation is 1. The molecule has 1 aromatic rings. The maximum absolute atomic E-state index is 10.3. The first-order valence-corrected chi connectivity index (χ1v) is 10.1. The number of rotatable bonds is 10. The van der Waals surface area contributed by atoms with Crippen molar-refractivity contribution < 1.29 is 14.6 Å². The van der Waals surface area contributed by atoms with Crippen LogP contribution in [0.2, 0.25) is 0 Å². The molecule has 27 heavy (non-hydrogen) atoms. The molecular formula is C21H35N3O3. The molecule has 1 atom stereocenters. The van der Waals surface area contributed by atoms with E-state index in [0.29, 0.717) is 12.5 Å². The molecule has 1 fully saturated rings. The standard InChI is InChI=1S/C21H35N3O3/c1-3-22-21(24-15-20(25)19-7-5-17(2)6-8-19)23-11-4-12-27-16-18-9-13-26-14-10-18/h5-8,18,20,25H,3-4,9-16H2,1-2H3,(H2,22,23,24). The summed E-state index contributed by atoms with van der Waals surface area (Å²) in [7, 11) is 0. The van der Waals surface area contributed by atoms with E-state index in [4.69, 9.17) is 9.47 Å². The van der Waals surface area contributed by atoms with Crippen molar-refractivity contribution in [2.45, 2.75) is 39.2 Å². The Bertz CT molecular complexity index is 542. The van der Waals surface area contributed by atoms with Crippen LogP contribution < -0.4 is 10.6 Å². The van der Waals surface area contributed by atoms with Crippen LogP contribution in [-0.4, -0.2) is 57.1 Å². The van der Waals surface area contributed by atoms with Crippen molar-refractivity contribution in [2.24, 2.45) is 10.9 Å². The number of aliphatic hydroxyl groups is 1. The van der Waals surface area contributed by atoms with Gasteiger partial charge in [0, 0.05) is 39.5 Å². The smallest absolute Gasteiger partial charge is 0.191 e. The largest absolute Gasteiger partial charge is 0.386 e. The van der Waals surface area contributed by atoms with Crippen molar-refractivity contribution in [1.82, 2.24) is 10.6 Å². The number of hydrogen-bond donors (Lipinski definition) is 3. The zero-order valence-corrected chi connectivity index (χ0v) is 16.7. The lowest BCUT2D eigenvalue weighted by Gasteiger charge is -2.21. The van der Waals surface area contributed by atoms with Crippen LogP contribution in [0, 0.1) is 12.8 Å². The Balaban J connectivity index is 1.64. The van der Waals surface area contributed by atoms with Crippen molar-refractivity contribution in [3.8, 4) is 0 Å². The highest BCUT2D eigenvalue weighted by molar-refractivity contribution is 5.79. The molecule has 6 nitrogen and oxygen atoms in total. The Hall–Kier alpha value is -1.63. The Kier molecular flexibility index (Phi) is 10.2. The number of benzene rings is 1. The van der Waals surface area contributed by atoms with E-state index in [2.05, 4.69) is 15.6 Å². The lowest BCUT2D eigenvalue weighted by Crippen LogP contribution is -2.38. The van der Waals surface area contributed by atoms with Gasteiger partial charge in [0.25, 0.3) is 0 Å². The summed E-state index contributed by atoms with van der Waals surface area (Å²) in [5.74, 6) is 1.38. The van der Waals surface area contributed by atoms with Gasteiger partial charge < -0.3 is 25.2 Å². The Morgan fingerprint density at radius 3 is 2.70 bits per heavy atom. The molecule has 152 valence electrons. The normalized spacial score (nSPS) is 16.9. The van der Waals surface area contributed by atoms with Crippen LogP contribution >= 0.6 is 0 Å². The number of hydrogen-bond acceptors (Lipinski definition) is 4. The van der Waals surface area contributed by atoms with Gasteiger partial charge in [0.2, 0.25) is 0 Å². The van der Waals surface area contributed by atoms with E-state index in [-0.39, 0.29) is 0 Å². The van der Waals surface area contributed by atoms with Crippen molar-refractivity contribution >= 4 is 5.96 Å². The summed E-state index contributed by atoms with van der Waals surface area (Å²) in [5.41, 5.74) is 2.07. The van der Waals surface area contributed by atoms with Gasteiger partial charge >= 0.3 is 0 Å². The molecule has 2 rings (SSSR count). The van der Waals surface area contributed by atoms with Gasteiger partial charge in [0.15, 0.2) is 5.96 Å². The van der Waals surface area contributed by atoms with Crippen LogP contribution in [-0.2, 0) is 9.47 Å². The molecule has 1 aliphatic heterocycles. The van der Waals surface area contributed by atoms with E-state index in [9.17, 15) is 5.11 Å². The molecule has 0 bridgehead atoms. The zero-order chi connectivity index (χ0) is 19.3. The van der Waals surface area contributed by atoms with Gasteiger partial charge in [0.1, 0.15) is 0 Å². The maximum Gasteiger partial charge on any atom is 0.191 e. The Labute approximate surface area is 163 Å². The summed E-state index contributed by atoms with van der Waals surface area (Å²) < 4.78 is 11.1. The van der Waals surface area contributed by atoms with Gasteiger partial charge in [-0.15, -0.1) is 0 Å². The summed E-state index contributed by atoms with van der Waals surface area (Å²) >= 11 is 0. The molecule has 3 N–H and O–H groups in total. The lowest BCUT2D eigenvalue weighted by atomic mass is 10.0. The summed E-state index contributed by atoms with van der Waals surface area (Å²) in [6, 6.07) is 7.91.